The maximum atomic E-state index is 12.2. The van der Waals surface area contributed by atoms with Crippen molar-refractivity contribution in [3.63, 3.8) is 0 Å². The molecule has 0 radical (unpaired) electrons. The fraction of sp³-hybridized carbons (Fsp3) is 0. The quantitative estimate of drug-likeness (QED) is 0.493. The van der Waals surface area contributed by atoms with Gasteiger partial charge in [0.2, 0.25) is 0 Å². The van der Waals surface area contributed by atoms with Crippen molar-refractivity contribution in [3.8, 4) is 17.0 Å². The van der Waals surface area contributed by atoms with Crippen LogP contribution in [0.2, 0.25) is 0 Å². The molecule has 0 fully saturated rings. The summed E-state index contributed by atoms with van der Waals surface area (Å²) in [6.07, 6.45) is 1.68. The van der Waals surface area contributed by atoms with E-state index in [0.717, 1.165) is 15.8 Å². The first kappa shape index (κ1) is 15.5. The number of benzene rings is 2. The number of carbonyl (C=O) groups is 1. The number of aromatic amines is 1. The van der Waals surface area contributed by atoms with Crippen molar-refractivity contribution in [2.24, 2.45) is 0 Å². The van der Waals surface area contributed by atoms with Crippen LogP contribution >= 0.6 is 15.9 Å². The summed E-state index contributed by atoms with van der Waals surface area (Å²) < 4.78 is 0.841. The van der Waals surface area contributed by atoms with Crippen LogP contribution in [-0.4, -0.2) is 21.2 Å². The van der Waals surface area contributed by atoms with Crippen molar-refractivity contribution in [2.45, 2.75) is 0 Å². The molecular formula is C18H13BrN4O2. The summed E-state index contributed by atoms with van der Waals surface area (Å²) in [4.78, 5) is 12.2. The summed E-state index contributed by atoms with van der Waals surface area (Å²) in [6.45, 7) is 0. The second-order valence-corrected chi connectivity index (χ2v) is 6.47. The summed E-state index contributed by atoms with van der Waals surface area (Å²) in [6, 6.07) is 14.4. The Bertz CT molecular complexity index is 1010. The first-order valence-electron chi connectivity index (χ1n) is 7.53. The molecule has 2 heterocycles. The standard InChI is InChI=1S/C18H13BrN4O2/c19-10-5-6-17(24)12(7-10)15-8-11(22-23-15)9-16-18(25)21-14-4-2-1-3-13(14)20-16/h1-9,20,24H,(H,21,25)(H,22,23). The van der Waals surface area contributed by atoms with E-state index in [9.17, 15) is 9.90 Å². The summed E-state index contributed by atoms with van der Waals surface area (Å²) in [5.74, 6) is -0.0866. The number of nitrogens with zero attached hydrogens (tertiary/aromatic N) is 1. The molecule has 4 N–H and O–H groups in total. The molecule has 3 aromatic rings. The maximum Gasteiger partial charge on any atom is 0.272 e. The lowest BCUT2D eigenvalue weighted by molar-refractivity contribution is -0.112. The number of phenols is 1. The number of carbonyl (C=O) groups excluding carboxylic acids is 1. The molecule has 1 aromatic heterocycles. The van der Waals surface area contributed by atoms with Crippen molar-refractivity contribution in [3.05, 3.63) is 64.4 Å². The zero-order chi connectivity index (χ0) is 17.4. The van der Waals surface area contributed by atoms with Gasteiger partial charge in [-0.3, -0.25) is 9.89 Å². The first-order chi connectivity index (χ1) is 12.1. The van der Waals surface area contributed by atoms with Crippen LogP contribution in [0.4, 0.5) is 11.4 Å². The molecule has 25 heavy (non-hydrogen) atoms. The monoisotopic (exact) mass is 396 g/mol. The Balaban J connectivity index is 1.66. The van der Waals surface area contributed by atoms with E-state index in [-0.39, 0.29) is 11.7 Å². The third-order valence-corrected chi connectivity index (χ3v) is 4.31. The maximum absolute atomic E-state index is 12.2. The van der Waals surface area contributed by atoms with Gasteiger partial charge < -0.3 is 15.7 Å². The molecule has 2 aromatic carbocycles. The van der Waals surface area contributed by atoms with E-state index in [4.69, 9.17) is 0 Å². The number of aromatic hydroxyl groups is 1. The average molecular weight is 397 g/mol. The molecule has 6 nitrogen and oxygen atoms in total. The van der Waals surface area contributed by atoms with Gasteiger partial charge in [0.15, 0.2) is 0 Å². The minimum atomic E-state index is -0.222. The van der Waals surface area contributed by atoms with E-state index >= 15 is 0 Å². The van der Waals surface area contributed by atoms with E-state index < -0.39 is 0 Å². The molecule has 0 saturated carbocycles. The molecule has 1 aliphatic heterocycles. The van der Waals surface area contributed by atoms with E-state index in [1.807, 2.05) is 24.3 Å². The number of nitrogens with one attached hydrogen (secondary N) is 3. The highest BCUT2D eigenvalue weighted by atomic mass is 79.9. The fourth-order valence-corrected chi connectivity index (χ4v) is 2.97. The van der Waals surface area contributed by atoms with Crippen molar-refractivity contribution in [1.82, 2.24) is 10.2 Å². The predicted octanol–water partition coefficient (Wildman–Crippen LogP) is 3.95. The van der Waals surface area contributed by atoms with E-state index in [2.05, 4.69) is 36.8 Å². The van der Waals surface area contributed by atoms with Gasteiger partial charge in [0, 0.05) is 10.0 Å². The lowest BCUT2D eigenvalue weighted by atomic mass is 10.1. The highest BCUT2D eigenvalue weighted by Crippen LogP contribution is 2.32. The zero-order valence-corrected chi connectivity index (χ0v) is 14.5. The van der Waals surface area contributed by atoms with Gasteiger partial charge in [0.25, 0.3) is 5.91 Å². The Morgan fingerprint density at radius 3 is 2.60 bits per heavy atom. The summed E-state index contributed by atoms with van der Waals surface area (Å²) in [7, 11) is 0. The third kappa shape index (κ3) is 3.01. The minimum absolute atomic E-state index is 0.136. The lowest BCUT2D eigenvalue weighted by Crippen LogP contribution is -2.25. The zero-order valence-electron chi connectivity index (χ0n) is 12.9. The Morgan fingerprint density at radius 2 is 1.80 bits per heavy atom. The molecular weight excluding hydrogens is 384 g/mol. The number of H-pyrrole nitrogens is 1. The van der Waals surface area contributed by atoms with E-state index in [1.165, 1.54) is 0 Å². The number of para-hydroxylation sites is 2. The molecule has 1 aliphatic rings. The van der Waals surface area contributed by atoms with Gasteiger partial charge in [-0.1, -0.05) is 28.1 Å². The molecule has 0 aliphatic carbocycles. The van der Waals surface area contributed by atoms with E-state index in [1.54, 1.807) is 30.3 Å². The van der Waals surface area contributed by atoms with Gasteiger partial charge in [-0.2, -0.15) is 5.10 Å². The van der Waals surface area contributed by atoms with Crippen molar-refractivity contribution in [1.29, 1.82) is 0 Å². The molecule has 1 amide bonds. The summed E-state index contributed by atoms with van der Waals surface area (Å²) >= 11 is 3.38. The molecule has 0 saturated heterocycles. The van der Waals surface area contributed by atoms with Crippen molar-refractivity contribution in [2.75, 3.05) is 10.6 Å². The highest BCUT2D eigenvalue weighted by Gasteiger charge is 2.19. The molecule has 124 valence electrons. The Kier molecular flexibility index (Phi) is 3.77. The molecule has 4 rings (SSSR count). The van der Waals surface area contributed by atoms with Crippen LogP contribution in [-0.2, 0) is 4.79 Å². The number of aromatic nitrogens is 2. The number of rotatable bonds is 2. The number of phenolic OH excluding ortho intramolecular Hbond substituents is 1. The predicted molar refractivity (Wildman–Crippen MR) is 100 cm³/mol. The van der Waals surface area contributed by atoms with Gasteiger partial charge in [0.05, 0.1) is 22.8 Å². The number of fused-ring (bicyclic) bond motifs is 1. The first-order valence-corrected chi connectivity index (χ1v) is 8.33. The second-order valence-electron chi connectivity index (χ2n) is 5.55. The van der Waals surface area contributed by atoms with Gasteiger partial charge in [0.1, 0.15) is 11.4 Å². The van der Waals surface area contributed by atoms with Gasteiger partial charge in [-0.25, -0.2) is 0 Å². The Morgan fingerprint density at radius 1 is 1.04 bits per heavy atom. The Hall–Kier alpha value is -3.06. The fourth-order valence-electron chi connectivity index (χ4n) is 2.61. The van der Waals surface area contributed by atoms with Crippen molar-refractivity contribution < 1.29 is 9.90 Å². The number of anilines is 2. The normalized spacial score (nSPS) is 14.8. The number of hydrogen-bond acceptors (Lipinski definition) is 4. The number of hydrogen-bond donors (Lipinski definition) is 4. The summed E-state index contributed by atoms with van der Waals surface area (Å²) in [5.41, 5.74) is 3.81. The lowest BCUT2D eigenvalue weighted by Gasteiger charge is -2.20. The van der Waals surface area contributed by atoms with Gasteiger partial charge in [-0.05, 0) is 42.5 Å². The molecule has 0 bridgehead atoms. The number of halogens is 1. The average Bonchev–Trinajstić information content (AvgIpc) is 3.06. The molecule has 0 unspecified atom stereocenters. The Labute approximate surface area is 151 Å². The van der Waals surface area contributed by atoms with Gasteiger partial charge in [-0.15, -0.1) is 0 Å². The third-order valence-electron chi connectivity index (χ3n) is 3.82. The molecule has 7 heteroatoms. The van der Waals surface area contributed by atoms with Crippen LogP contribution < -0.4 is 10.6 Å². The minimum Gasteiger partial charge on any atom is -0.507 e. The van der Waals surface area contributed by atoms with Crippen LogP contribution in [0.15, 0.2) is 58.7 Å². The second kappa shape index (κ2) is 6.10. The van der Waals surface area contributed by atoms with Crippen LogP contribution in [0.5, 0.6) is 5.75 Å². The van der Waals surface area contributed by atoms with E-state index in [0.29, 0.717) is 22.6 Å². The van der Waals surface area contributed by atoms with Crippen LogP contribution in [0.1, 0.15) is 5.69 Å². The molecule has 0 atom stereocenters. The van der Waals surface area contributed by atoms with Gasteiger partial charge >= 0.3 is 0 Å². The SMILES string of the molecule is O=C1Nc2ccccc2NC1=Cc1cc(-c2cc(Br)ccc2O)n[nH]1. The van der Waals surface area contributed by atoms with Crippen LogP contribution in [0, 0.1) is 0 Å². The molecule has 0 spiro atoms. The van der Waals surface area contributed by atoms with Crippen molar-refractivity contribution >= 4 is 39.3 Å². The topological polar surface area (TPSA) is 90.0 Å². The largest absolute Gasteiger partial charge is 0.507 e. The summed E-state index contributed by atoms with van der Waals surface area (Å²) in [5, 5.41) is 23.0. The highest BCUT2D eigenvalue weighted by molar-refractivity contribution is 9.10. The van der Waals surface area contributed by atoms with Crippen LogP contribution in [0.3, 0.4) is 0 Å². The van der Waals surface area contributed by atoms with Crippen LogP contribution in [0.25, 0.3) is 17.3 Å². The number of amides is 1. The smallest absolute Gasteiger partial charge is 0.272 e.